The van der Waals surface area contributed by atoms with Gasteiger partial charge in [0.05, 0.1) is 26.1 Å². The Morgan fingerprint density at radius 3 is 2.37 bits per heavy atom. The topological polar surface area (TPSA) is 86.7 Å². The molecule has 2 aromatic rings. The Labute approximate surface area is 182 Å². The molecule has 0 aromatic heterocycles. The maximum atomic E-state index is 13.5. The fourth-order valence-corrected chi connectivity index (χ4v) is 4.90. The van der Waals surface area contributed by atoms with Crippen LogP contribution in [0.15, 0.2) is 35.2 Å². The molecule has 1 amide bonds. The predicted molar refractivity (Wildman–Crippen MR) is 109 cm³/mol. The van der Waals surface area contributed by atoms with Crippen molar-refractivity contribution in [2.45, 2.75) is 30.3 Å². The summed E-state index contributed by atoms with van der Waals surface area (Å²) in [6.07, 6.45) is 0.564. The smallest absolute Gasteiger partial charge is 0.257 e. The van der Waals surface area contributed by atoms with Crippen molar-refractivity contribution < 1.29 is 27.1 Å². The van der Waals surface area contributed by atoms with E-state index in [9.17, 15) is 27.1 Å². The van der Waals surface area contributed by atoms with Gasteiger partial charge in [0.2, 0.25) is 10.0 Å². The molecule has 0 atom stereocenters. The number of hydrogen-bond acceptors (Lipinski definition) is 4. The predicted octanol–water partition coefficient (Wildman–Crippen LogP) is 4.06. The van der Waals surface area contributed by atoms with Crippen LogP contribution in [0.2, 0.25) is 10.0 Å². The summed E-state index contributed by atoms with van der Waals surface area (Å²) in [6.45, 7) is 1.91. The zero-order valence-electron chi connectivity index (χ0n) is 15.8. The number of benzene rings is 2. The third-order valence-corrected chi connectivity index (χ3v) is 7.36. The molecule has 6 nitrogen and oxygen atoms in total. The van der Waals surface area contributed by atoms with Crippen LogP contribution in [0.5, 0.6) is 0 Å². The number of nitrogens with one attached hydrogen (secondary N) is 1. The fourth-order valence-electron chi connectivity index (χ4n) is 3.02. The molecular weight excluding hydrogens is 461 g/mol. The molecule has 2 aromatic carbocycles. The van der Waals surface area contributed by atoms with Gasteiger partial charge in [-0.15, -0.1) is 0 Å². The van der Waals surface area contributed by atoms with Gasteiger partial charge in [-0.1, -0.05) is 23.2 Å². The van der Waals surface area contributed by atoms with Crippen molar-refractivity contribution in [2.24, 2.45) is 0 Å². The van der Waals surface area contributed by atoms with Gasteiger partial charge >= 0.3 is 0 Å². The first kappa shape index (κ1) is 22.9. The van der Waals surface area contributed by atoms with Crippen molar-refractivity contribution in [1.29, 1.82) is 0 Å². The van der Waals surface area contributed by atoms with Gasteiger partial charge in [-0.3, -0.25) is 4.79 Å². The van der Waals surface area contributed by atoms with Gasteiger partial charge in [-0.2, -0.15) is 4.31 Å². The number of sulfonamides is 1. The Morgan fingerprint density at radius 2 is 1.77 bits per heavy atom. The number of carbonyl (C=O) groups excluding carboxylic acids is 1. The molecule has 30 heavy (non-hydrogen) atoms. The lowest BCUT2D eigenvalue weighted by Crippen LogP contribution is -2.45. The maximum absolute atomic E-state index is 13.5. The van der Waals surface area contributed by atoms with Crippen molar-refractivity contribution >= 4 is 44.8 Å². The monoisotopic (exact) mass is 478 g/mol. The highest BCUT2D eigenvalue weighted by molar-refractivity contribution is 7.89. The number of piperidine rings is 1. The van der Waals surface area contributed by atoms with Gasteiger partial charge in [0.25, 0.3) is 5.91 Å². The summed E-state index contributed by atoms with van der Waals surface area (Å²) in [5, 5.41) is 11.8. The van der Waals surface area contributed by atoms with Crippen LogP contribution in [0.3, 0.4) is 0 Å². The zero-order chi connectivity index (χ0) is 22.3. The van der Waals surface area contributed by atoms with Crippen LogP contribution in [0.25, 0.3) is 0 Å². The van der Waals surface area contributed by atoms with Crippen molar-refractivity contribution in [3.8, 4) is 0 Å². The molecule has 0 unspecified atom stereocenters. The lowest BCUT2D eigenvalue weighted by molar-refractivity contribution is 0.0126. The standard InChI is InChI=1S/C19H18Cl2F2N2O4S/c1-19(27)4-6-25(7-5-19)30(28,29)12-2-3-14(20)13(10-12)18(26)24-11-8-15(21)17(23)16(22)9-11/h2-3,8-10,27H,4-7H2,1H3,(H,24,26). The molecule has 0 aliphatic carbocycles. The summed E-state index contributed by atoms with van der Waals surface area (Å²) >= 11 is 11.6. The van der Waals surface area contributed by atoms with Crippen molar-refractivity contribution in [1.82, 2.24) is 4.31 Å². The van der Waals surface area contributed by atoms with E-state index in [0.29, 0.717) is 0 Å². The van der Waals surface area contributed by atoms with E-state index in [4.69, 9.17) is 23.2 Å². The maximum Gasteiger partial charge on any atom is 0.257 e. The molecule has 1 saturated heterocycles. The van der Waals surface area contributed by atoms with Crippen LogP contribution in [0, 0.1) is 11.6 Å². The summed E-state index contributed by atoms with van der Waals surface area (Å²) in [7, 11) is -3.92. The molecule has 2 N–H and O–H groups in total. The van der Waals surface area contributed by atoms with Gasteiger partial charge in [0, 0.05) is 24.8 Å². The van der Waals surface area contributed by atoms with E-state index in [1.165, 1.54) is 16.4 Å². The molecule has 11 heteroatoms. The van der Waals surface area contributed by atoms with Crippen LogP contribution in [0.1, 0.15) is 30.1 Å². The molecule has 1 heterocycles. The summed E-state index contributed by atoms with van der Waals surface area (Å²) in [6, 6.07) is 5.41. The third kappa shape index (κ3) is 4.76. The Kier molecular flexibility index (Phi) is 6.41. The van der Waals surface area contributed by atoms with Crippen LogP contribution < -0.4 is 5.32 Å². The van der Waals surface area contributed by atoms with E-state index in [-0.39, 0.29) is 47.1 Å². The highest BCUT2D eigenvalue weighted by atomic mass is 35.5. The van der Waals surface area contributed by atoms with Gasteiger partial charge in [-0.05, 0) is 44.0 Å². The zero-order valence-corrected chi connectivity index (χ0v) is 18.1. The average Bonchev–Trinajstić information content (AvgIpc) is 2.65. The lowest BCUT2D eigenvalue weighted by Gasteiger charge is -2.35. The lowest BCUT2D eigenvalue weighted by atomic mass is 9.95. The summed E-state index contributed by atoms with van der Waals surface area (Å²) in [5.41, 5.74) is -1.21. The van der Waals surface area contributed by atoms with Crippen LogP contribution >= 0.6 is 23.2 Å². The van der Waals surface area contributed by atoms with Crippen LogP contribution in [0.4, 0.5) is 14.5 Å². The van der Waals surface area contributed by atoms with Crippen molar-refractivity contribution in [3.05, 3.63) is 57.6 Å². The molecule has 1 fully saturated rings. The Bertz CT molecular complexity index is 1080. The first-order valence-corrected chi connectivity index (χ1v) is 11.1. The molecule has 0 bridgehead atoms. The number of carbonyl (C=O) groups is 1. The average molecular weight is 479 g/mol. The van der Waals surface area contributed by atoms with Crippen molar-refractivity contribution in [3.63, 3.8) is 0 Å². The van der Waals surface area contributed by atoms with E-state index >= 15 is 0 Å². The SMILES string of the molecule is CC1(O)CCN(S(=O)(=O)c2ccc(Cl)c(C(=O)Nc3cc(F)c(F)c(Cl)c3)c2)CC1. The third-order valence-electron chi connectivity index (χ3n) is 4.86. The second-order valence-electron chi connectivity index (χ2n) is 7.25. The quantitative estimate of drug-likeness (QED) is 0.648. The largest absolute Gasteiger partial charge is 0.390 e. The van der Waals surface area contributed by atoms with Gasteiger partial charge in [0.15, 0.2) is 11.6 Å². The first-order valence-electron chi connectivity index (χ1n) is 8.89. The molecule has 1 aliphatic heterocycles. The van der Waals surface area contributed by atoms with Gasteiger partial charge in [-0.25, -0.2) is 17.2 Å². The number of anilines is 1. The molecule has 162 valence electrons. The van der Waals surface area contributed by atoms with E-state index in [1.54, 1.807) is 6.92 Å². The van der Waals surface area contributed by atoms with Crippen LogP contribution in [-0.4, -0.2) is 42.4 Å². The van der Waals surface area contributed by atoms with Gasteiger partial charge < -0.3 is 10.4 Å². The second kappa shape index (κ2) is 8.39. The number of nitrogens with zero attached hydrogens (tertiary/aromatic N) is 1. The van der Waals surface area contributed by atoms with Gasteiger partial charge in [0.1, 0.15) is 0 Å². The minimum absolute atomic E-state index is 0.0262. The molecule has 0 radical (unpaired) electrons. The van der Waals surface area contributed by atoms with Crippen molar-refractivity contribution in [2.75, 3.05) is 18.4 Å². The number of amides is 1. The Hall–Kier alpha value is -1.78. The number of hydrogen-bond donors (Lipinski definition) is 2. The minimum atomic E-state index is -3.92. The molecule has 1 aliphatic rings. The minimum Gasteiger partial charge on any atom is -0.390 e. The van der Waals surface area contributed by atoms with Crippen LogP contribution in [-0.2, 0) is 10.0 Å². The summed E-state index contributed by atoms with van der Waals surface area (Å²) in [4.78, 5) is 12.4. The Morgan fingerprint density at radius 1 is 1.13 bits per heavy atom. The Balaban J connectivity index is 1.87. The molecule has 0 spiro atoms. The molecule has 3 rings (SSSR count). The van der Waals surface area contributed by atoms with E-state index in [0.717, 1.165) is 18.2 Å². The summed E-state index contributed by atoms with van der Waals surface area (Å²) in [5.74, 6) is -3.32. The van der Waals surface area contributed by atoms with E-state index in [2.05, 4.69) is 5.32 Å². The molecule has 0 saturated carbocycles. The highest BCUT2D eigenvalue weighted by Crippen LogP contribution is 2.29. The molecular formula is C19H18Cl2F2N2O4S. The fraction of sp³-hybridized carbons (Fsp3) is 0.316. The number of aliphatic hydroxyl groups is 1. The number of rotatable bonds is 4. The normalized spacial score (nSPS) is 17.0. The summed E-state index contributed by atoms with van der Waals surface area (Å²) < 4.78 is 53.9. The number of halogens is 4. The van der Waals surface area contributed by atoms with E-state index < -0.39 is 38.2 Å². The second-order valence-corrected chi connectivity index (χ2v) is 10.0. The highest BCUT2D eigenvalue weighted by Gasteiger charge is 2.34. The van der Waals surface area contributed by atoms with E-state index in [1.807, 2.05) is 0 Å². The first-order chi connectivity index (χ1) is 13.9.